The summed E-state index contributed by atoms with van der Waals surface area (Å²) in [6.45, 7) is 4.28. The van der Waals surface area contributed by atoms with Crippen molar-refractivity contribution >= 4 is 11.6 Å². The number of nitrogens with one attached hydrogen (secondary N) is 1. The van der Waals surface area contributed by atoms with Crippen LogP contribution in [0.1, 0.15) is 27.2 Å². The minimum Gasteiger partial charge on any atom is -0.463 e. The monoisotopic (exact) mass is 398 g/mol. The third-order valence-corrected chi connectivity index (χ3v) is 5.08. The molecule has 30 heavy (non-hydrogen) atoms. The Bertz CT molecular complexity index is 1240. The van der Waals surface area contributed by atoms with Crippen LogP contribution in [0.4, 0.5) is 5.69 Å². The average molecular weight is 398 g/mol. The van der Waals surface area contributed by atoms with E-state index in [1.165, 1.54) is 12.3 Å². The van der Waals surface area contributed by atoms with Crippen LogP contribution in [0.15, 0.2) is 88.3 Å². The summed E-state index contributed by atoms with van der Waals surface area (Å²) in [6, 6.07) is 22.4. The minimum atomic E-state index is -0.456. The van der Waals surface area contributed by atoms with E-state index in [2.05, 4.69) is 5.32 Å². The van der Waals surface area contributed by atoms with Crippen molar-refractivity contribution in [2.45, 2.75) is 20.4 Å². The van der Waals surface area contributed by atoms with E-state index in [4.69, 9.17) is 4.42 Å². The van der Waals surface area contributed by atoms with Gasteiger partial charge in [-0.1, -0.05) is 48.5 Å². The van der Waals surface area contributed by atoms with Gasteiger partial charge in [-0.05, 0) is 43.2 Å². The molecule has 1 amide bonds. The number of amides is 1. The number of furan rings is 1. The third-order valence-electron chi connectivity index (χ3n) is 5.08. The average Bonchev–Trinajstić information content (AvgIpc) is 3.26. The second-order valence-electron chi connectivity index (χ2n) is 7.19. The predicted octanol–water partition coefficient (Wildman–Crippen LogP) is 5.03. The normalized spacial score (nSPS) is 10.7. The summed E-state index contributed by atoms with van der Waals surface area (Å²) in [7, 11) is 0. The van der Waals surface area contributed by atoms with Crippen molar-refractivity contribution in [1.82, 2.24) is 4.57 Å². The number of carbonyl (C=O) groups is 1. The molecule has 0 aliphatic rings. The smallest absolute Gasteiger partial charge is 0.261 e. The number of hydrogen-bond donors (Lipinski definition) is 1. The van der Waals surface area contributed by atoms with Crippen LogP contribution in [0, 0.1) is 13.8 Å². The maximum Gasteiger partial charge on any atom is 0.261 e. The van der Waals surface area contributed by atoms with Gasteiger partial charge in [0.05, 0.1) is 6.26 Å². The van der Waals surface area contributed by atoms with Gasteiger partial charge in [0.25, 0.3) is 5.91 Å². The van der Waals surface area contributed by atoms with Gasteiger partial charge in [0.1, 0.15) is 11.3 Å². The van der Waals surface area contributed by atoms with E-state index in [9.17, 15) is 9.59 Å². The molecule has 0 radical (unpaired) electrons. The van der Waals surface area contributed by atoms with E-state index in [0.29, 0.717) is 23.7 Å². The molecule has 0 saturated heterocycles. The molecule has 0 atom stereocenters. The van der Waals surface area contributed by atoms with E-state index < -0.39 is 5.91 Å². The van der Waals surface area contributed by atoms with Crippen LogP contribution in [0.2, 0.25) is 0 Å². The van der Waals surface area contributed by atoms with Gasteiger partial charge in [0.2, 0.25) is 0 Å². The Morgan fingerprint density at radius 1 is 0.967 bits per heavy atom. The molecule has 2 heterocycles. The Balaban J connectivity index is 1.87. The van der Waals surface area contributed by atoms with Crippen molar-refractivity contribution < 1.29 is 9.21 Å². The fraction of sp³-hybridized carbons (Fsp3) is 0.120. The number of anilines is 1. The van der Waals surface area contributed by atoms with Gasteiger partial charge < -0.3 is 14.3 Å². The quantitative estimate of drug-likeness (QED) is 0.513. The lowest BCUT2D eigenvalue weighted by molar-refractivity contribution is 0.102. The summed E-state index contributed by atoms with van der Waals surface area (Å²) < 4.78 is 7.58. The van der Waals surface area contributed by atoms with Gasteiger partial charge in [0.15, 0.2) is 11.2 Å². The number of rotatable bonds is 5. The molecular weight excluding hydrogens is 376 g/mol. The van der Waals surface area contributed by atoms with Crippen molar-refractivity contribution in [3.63, 3.8) is 0 Å². The summed E-state index contributed by atoms with van der Waals surface area (Å²) >= 11 is 0. The lowest BCUT2D eigenvalue weighted by Gasteiger charge is -2.19. The molecule has 1 N–H and O–H groups in total. The van der Waals surface area contributed by atoms with Crippen molar-refractivity contribution in [3.05, 3.63) is 112 Å². The zero-order chi connectivity index (χ0) is 21.1. The zero-order valence-electron chi connectivity index (χ0n) is 16.9. The van der Waals surface area contributed by atoms with Crippen molar-refractivity contribution in [3.8, 4) is 11.5 Å². The number of para-hydroxylation sites is 1. The molecule has 0 aliphatic heterocycles. The van der Waals surface area contributed by atoms with E-state index in [0.717, 1.165) is 16.8 Å². The number of hydrogen-bond acceptors (Lipinski definition) is 3. The largest absolute Gasteiger partial charge is 0.463 e. The maximum atomic E-state index is 13.3. The molecular formula is C25H22N2O3. The Morgan fingerprint density at radius 2 is 1.70 bits per heavy atom. The summed E-state index contributed by atoms with van der Waals surface area (Å²) in [5.74, 6) is 0.0178. The lowest BCUT2D eigenvalue weighted by atomic mass is 10.1. The van der Waals surface area contributed by atoms with Gasteiger partial charge in [-0.25, -0.2) is 0 Å². The molecule has 0 saturated carbocycles. The Kier molecular flexibility index (Phi) is 5.35. The number of benzene rings is 2. The molecule has 0 unspecified atom stereocenters. The Morgan fingerprint density at radius 3 is 2.40 bits per heavy atom. The van der Waals surface area contributed by atoms with E-state index >= 15 is 0 Å². The van der Waals surface area contributed by atoms with Crippen LogP contribution in [0.3, 0.4) is 0 Å². The van der Waals surface area contributed by atoms with Crippen LogP contribution >= 0.6 is 0 Å². The van der Waals surface area contributed by atoms with E-state index in [-0.39, 0.29) is 11.0 Å². The van der Waals surface area contributed by atoms with Crippen LogP contribution in [0.5, 0.6) is 0 Å². The van der Waals surface area contributed by atoms with Gasteiger partial charge in [-0.2, -0.15) is 0 Å². The fourth-order valence-corrected chi connectivity index (χ4v) is 3.52. The van der Waals surface area contributed by atoms with E-state index in [1.807, 2.05) is 73.0 Å². The Labute approximate surface area is 174 Å². The highest BCUT2D eigenvalue weighted by molar-refractivity contribution is 6.08. The molecule has 2 aromatic carbocycles. The maximum absolute atomic E-state index is 13.3. The molecule has 4 rings (SSSR count). The molecule has 150 valence electrons. The molecule has 5 nitrogen and oxygen atoms in total. The zero-order valence-corrected chi connectivity index (χ0v) is 16.9. The van der Waals surface area contributed by atoms with Crippen LogP contribution in [-0.2, 0) is 6.54 Å². The third kappa shape index (κ3) is 3.82. The molecule has 2 aromatic heterocycles. The predicted molar refractivity (Wildman–Crippen MR) is 118 cm³/mol. The second kappa shape index (κ2) is 8.25. The second-order valence-corrected chi connectivity index (χ2v) is 7.19. The first kappa shape index (κ1) is 19.5. The first-order valence-electron chi connectivity index (χ1n) is 9.74. The Hall–Kier alpha value is -3.86. The molecule has 0 bridgehead atoms. The molecule has 4 aromatic rings. The summed E-state index contributed by atoms with van der Waals surface area (Å²) in [5.41, 5.74) is 3.60. The first-order valence-corrected chi connectivity index (χ1v) is 9.74. The number of pyridine rings is 1. The van der Waals surface area contributed by atoms with Crippen molar-refractivity contribution in [1.29, 1.82) is 0 Å². The number of nitrogens with zero attached hydrogens (tertiary/aromatic N) is 1. The van der Waals surface area contributed by atoms with Gasteiger partial charge in [-0.3, -0.25) is 9.59 Å². The summed E-state index contributed by atoms with van der Waals surface area (Å²) in [4.78, 5) is 26.2. The number of carbonyl (C=O) groups excluding carboxylic acids is 1. The van der Waals surface area contributed by atoms with Crippen molar-refractivity contribution in [2.24, 2.45) is 0 Å². The van der Waals surface area contributed by atoms with E-state index in [1.54, 1.807) is 12.1 Å². The highest BCUT2D eigenvalue weighted by Crippen LogP contribution is 2.26. The first-order chi connectivity index (χ1) is 14.5. The van der Waals surface area contributed by atoms with Gasteiger partial charge in [0, 0.05) is 24.0 Å². The summed E-state index contributed by atoms with van der Waals surface area (Å²) in [6.07, 6.45) is 1.54. The van der Waals surface area contributed by atoms with Gasteiger partial charge >= 0.3 is 0 Å². The highest BCUT2D eigenvalue weighted by atomic mass is 16.3. The van der Waals surface area contributed by atoms with Crippen LogP contribution in [-0.4, -0.2) is 10.5 Å². The minimum absolute atomic E-state index is 0.0646. The number of aryl methyl sites for hydroxylation is 2. The topological polar surface area (TPSA) is 64.2 Å². The fourth-order valence-electron chi connectivity index (χ4n) is 3.52. The molecule has 0 aliphatic carbocycles. The standard InChI is InChI=1S/C25H22N2O3/c1-17-9-6-7-12-20(17)26-25(29)23-21(28)15-18(2)27(16-19-10-4-3-5-11-19)24(23)22-13-8-14-30-22/h3-15H,16H2,1-2H3,(H,26,29). The molecule has 0 fully saturated rings. The van der Waals surface area contributed by atoms with Gasteiger partial charge in [-0.15, -0.1) is 0 Å². The van der Waals surface area contributed by atoms with Crippen LogP contribution in [0.25, 0.3) is 11.5 Å². The molecule has 5 heteroatoms. The van der Waals surface area contributed by atoms with Crippen molar-refractivity contribution in [2.75, 3.05) is 5.32 Å². The number of aromatic nitrogens is 1. The van der Waals surface area contributed by atoms with Crippen LogP contribution < -0.4 is 10.7 Å². The summed E-state index contributed by atoms with van der Waals surface area (Å²) in [5, 5.41) is 2.89. The lowest BCUT2D eigenvalue weighted by Crippen LogP contribution is -2.27. The molecule has 0 spiro atoms. The highest BCUT2D eigenvalue weighted by Gasteiger charge is 2.24. The SMILES string of the molecule is Cc1ccccc1NC(=O)c1c(-c2ccco2)n(Cc2ccccc2)c(C)cc1=O.